The Morgan fingerprint density at radius 1 is 1.25 bits per heavy atom. The van der Waals surface area contributed by atoms with E-state index in [9.17, 15) is 5.11 Å². The zero-order chi connectivity index (χ0) is 14.6. The van der Waals surface area contributed by atoms with E-state index in [1.165, 1.54) is 30.4 Å². The summed E-state index contributed by atoms with van der Waals surface area (Å²) >= 11 is 0. The fraction of sp³-hybridized carbons (Fsp3) is 0.667. The molecule has 0 aliphatic carbocycles. The van der Waals surface area contributed by atoms with Gasteiger partial charge in [0.2, 0.25) is 0 Å². The van der Waals surface area contributed by atoms with E-state index in [4.69, 9.17) is 0 Å². The predicted octanol–water partition coefficient (Wildman–Crippen LogP) is 3.64. The molecule has 0 aromatic heterocycles. The molecule has 2 nitrogen and oxygen atoms in total. The molecule has 0 saturated carbocycles. The van der Waals surface area contributed by atoms with Gasteiger partial charge in [0.15, 0.2) is 0 Å². The molecule has 0 radical (unpaired) electrons. The average molecular weight is 275 g/mol. The minimum Gasteiger partial charge on any atom is -0.390 e. The molecule has 2 unspecified atom stereocenters. The Hall–Kier alpha value is -0.860. The van der Waals surface area contributed by atoms with Crippen LogP contribution in [0.25, 0.3) is 0 Å². The van der Waals surface area contributed by atoms with E-state index in [1.807, 2.05) is 6.92 Å². The molecule has 2 rings (SSSR count). The van der Waals surface area contributed by atoms with E-state index in [1.54, 1.807) is 0 Å². The summed E-state index contributed by atoms with van der Waals surface area (Å²) in [5.74, 6) is 0.566. The second-order valence-corrected chi connectivity index (χ2v) is 6.92. The normalized spacial score (nSPS) is 22.8. The molecule has 0 bridgehead atoms. The van der Waals surface area contributed by atoms with Crippen LogP contribution in [0.15, 0.2) is 24.3 Å². The van der Waals surface area contributed by atoms with E-state index >= 15 is 0 Å². The fourth-order valence-corrected chi connectivity index (χ4v) is 3.16. The van der Waals surface area contributed by atoms with Crippen molar-refractivity contribution in [2.75, 3.05) is 6.54 Å². The summed E-state index contributed by atoms with van der Waals surface area (Å²) in [6.07, 6.45) is 5.34. The largest absolute Gasteiger partial charge is 0.390 e. The second kappa shape index (κ2) is 6.73. The summed E-state index contributed by atoms with van der Waals surface area (Å²) in [6.45, 7) is 7.49. The van der Waals surface area contributed by atoms with Crippen molar-refractivity contribution >= 4 is 0 Å². The number of piperidine rings is 1. The molecule has 1 aromatic rings. The van der Waals surface area contributed by atoms with Crippen molar-refractivity contribution in [1.82, 2.24) is 5.32 Å². The van der Waals surface area contributed by atoms with Crippen molar-refractivity contribution < 1.29 is 5.11 Å². The van der Waals surface area contributed by atoms with Crippen LogP contribution in [0.5, 0.6) is 0 Å². The summed E-state index contributed by atoms with van der Waals surface area (Å²) < 4.78 is 0. The van der Waals surface area contributed by atoms with Gasteiger partial charge in [0.25, 0.3) is 0 Å². The van der Waals surface area contributed by atoms with Crippen LogP contribution in [0.2, 0.25) is 0 Å². The molecule has 1 heterocycles. The molecule has 1 aliphatic rings. The number of nitrogens with one attached hydrogen (secondary N) is 1. The van der Waals surface area contributed by atoms with Gasteiger partial charge in [0.05, 0.1) is 5.60 Å². The lowest BCUT2D eigenvalue weighted by molar-refractivity contribution is 0.0371. The third-order valence-electron chi connectivity index (χ3n) is 4.33. The summed E-state index contributed by atoms with van der Waals surface area (Å²) in [5.41, 5.74) is 1.98. The van der Waals surface area contributed by atoms with E-state index in [2.05, 4.69) is 43.4 Å². The summed E-state index contributed by atoms with van der Waals surface area (Å²) in [7, 11) is 0. The van der Waals surface area contributed by atoms with Gasteiger partial charge in [-0.3, -0.25) is 0 Å². The minimum absolute atomic E-state index is 0.480. The van der Waals surface area contributed by atoms with Gasteiger partial charge in [-0.25, -0.2) is 0 Å². The zero-order valence-corrected chi connectivity index (χ0v) is 13.2. The molecule has 1 saturated heterocycles. The predicted molar refractivity (Wildman–Crippen MR) is 85.1 cm³/mol. The van der Waals surface area contributed by atoms with Crippen LogP contribution < -0.4 is 5.32 Å². The van der Waals surface area contributed by atoms with Crippen LogP contribution in [-0.2, 0) is 6.42 Å². The smallest absolute Gasteiger partial charge is 0.0674 e. The SMILES string of the molecule is CC(C)c1ccc(CC(C)(O)CC2CCCCN2)cc1. The summed E-state index contributed by atoms with van der Waals surface area (Å²) in [4.78, 5) is 0. The van der Waals surface area contributed by atoms with Crippen LogP contribution in [0.1, 0.15) is 63.5 Å². The Balaban J connectivity index is 1.92. The molecule has 1 aliphatic heterocycles. The van der Waals surface area contributed by atoms with Gasteiger partial charge in [-0.1, -0.05) is 44.5 Å². The van der Waals surface area contributed by atoms with Crippen molar-refractivity contribution in [1.29, 1.82) is 0 Å². The van der Waals surface area contributed by atoms with E-state index in [-0.39, 0.29) is 0 Å². The van der Waals surface area contributed by atoms with E-state index < -0.39 is 5.60 Å². The monoisotopic (exact) mass is 275 g/mol. The Morgan fingerprint density at radius 3 is 2.50 bits per heavy atom. The van der Waals surface area contributed by atoms with Gasteiger partial charge in [-0.05, 0) is 49.8 Å². The maximum Gasteiger partial charge on any atom is 0.0674 e. The summed E-state index contributed by atoms with van der Waals surface area (Å²) in [6, 6.07) is 9.19. The van der Waals surface area contributed by atoms with Gasteiger partial charge in [0.1, 0.15) is 0 Å². The number of hydrogen-bond donors (Lipinski definition) is 2. The van der Waals surface area contributed by atoms with Gasteiger partial charge >= 0.3 is 0 Å². The Morgan fingerprint density at radius 2 is 1.95 bits per heavy atom. The van der Waals surface area contributed by atoms with Gasteiger partial charge in [-0.15, -0.1) is 0 Å². The molecule has 20 heavy (non-hydrogen) atoms. The Bertz CT molecular complexity index is 402. The first-order chi connectivity index (χ1) is 9.46. The number of aliphatic hydroxyl groups is 1. The highest BCUT2D eigenvalue weighted by Crippen LogP contribution is 2.23. The summed E-state index contributed by atoms with van der Waals surface area (Å²) in [5, 5.41) is 14.2. The highest BCUT2D eigenvalue weighted by Gasteiger charge is 2.26. The molecule has 1 aromatic carbocycles. The molecule has 0 spiro atoms. The molecule has 1 fully saturated rings. The van der Waals surface area contributed by atoms with Crippen molar-refractivity contribution in [2.24, 2.45) is 0 Å². The molecule has 2 atom stereocenters. The zero-order valence-electron chi connectivity index (χ0n) is 13.2. The van der Waals surface area contributed by atoms with Crippen molar-refractivity contribution in [3.8, 4) is 0 Å². The van der Waals surface area contributed by atoms with Crippen LogP contribution in [0.3, 0.4) is 0 Å². The lowest BCUT2D eigenvalue weighted by Crippen LogP contribution is -2.41. The standard InChI is InChI=1S/C18H29NO/c1-14(2)16-9-7-15(8-10-16)12-18(3,20)13-17-6-4-5-11-19-17/h7-10,14,17,19-20H,4-6,11-13H2,1-3H3. The highest BCUT2D eigenvalue weighted by atomic mass is 16.3. The van der Waals surface area contributed by atoms with E-state index in [0.29, 0.717) is 12.0 Å². The van der Waals surface area contributed by atoms with Gasteiger partial charge < -0.3 is 10.4 Å². The highest BCUT2D eigenvalue weighted by molar-refractivity contribution is 5.25. The third-order valence-corrected chi connectivity index (χ3v) is 4.33. The Kier molecular flexibility index (Phi) is 5.22. The molecule has 2 heteroatoms. The maximum absolute atomic E-state index is 10.7. The quantitative estimate of drug-likeness (QED) is 0.860. The lowest BCUT2D eigenvalue weighted by atomic mass is 9.86. The minimum atomic E-state index is -0.617. The van der Waals surface area contributed by atoms with Crippen LogP contribution >= 0.6 is 0 Å². The van der Waals surface area contributed by atoms with Crippen molar-refractivity contribution in [2.45, 2.75) is 70.4 Å². The van der Waals surface area contributed by atoms with Crippen molar-refractivity contribution in [3.63, 3.8) is 0 Å². The first-order valence-electron chi connectivity index (χ1n) is 8.01. The average Bonchev–Trinajstić information content (AvgIpc) is 2.39. The van der Waals surface area contributed by atoms with Crippen LogP contribution in [0.4, 0.5) is 0 Å². The molecular weight excluding hydrogens is 246 g/mol. The van der Waals surface area contributed by atoms with Gasteiger partial charge in [0, 0.05) is 12.5 Å². The fourth-order valence-electron chi connectivity index (χ4n) is 3.16. The Labute approximate surface area is 123 Å². The number of rotatable bonds is 5. The topological polar surface area (TPSA) is 32.3 Å². The molecule has 2 N–H and O–H groups in total. The second-order valence-electron chi connectivity index (χ2n) is 6.92. The maximum atomic E-state index is 10.7. The van der Waals surface area contributed by atoms with Crippen molar-refractivity contribution in [3.05, 3.63) is 35.4 Å². The number of hydrogen-bond acceptors (Lipinski definition) is 2. The molecule has 112 valence electrons. The molecule has 0 amide bonds. The van der Waals surface area contributed by atoms with Crippen LogP contribution in [0, 0.1) is 0 Å². The van der Waals surface area contributed by atoms with Crippen LogP contribution in [-0.4, -0.2) is 23.3 Å². The third kappa shape index (κ3) is 4.60. The first kappa shape index (κ1) is 15.5. The van der Waals surface area contributed by atoms with Gasteiger partial charge in [-0.2, -0.15) is 0 Å². The lowest BCUT2D eigenvalue weighted by Gasteiger charge is -2.31. The first-order valence-corrected chi connectivity index (χ1v) is 8.01. The number of benzene rings is 1. The van der Waals surface area contributed by atoms with E-state index in [0.717, 1.165) is 19.4 Å². The molecular formula is C18H29NO.